The summed E-state index contributed by atoms with van der Waals surface area (Å²) in [5, 5.41) is 2.92. The third-order valence-corrected chi connectivity index (χ3v) is 7.57. The highest BCUT2D eigenvalue weighted by atomic mass is 32.2. The Morgan fingerprint density at radius 1 is 1.00 bits per heavy atom. The van der Waals surface area contributed by atoms with Crippen molar-refractivity contribution in [2.75, 3.05) is 38.0 Å². The van der Waals surface area contributed by atoms with Gasteiger partial charge in [0, 0.05) is 31.9 Å². The maximum absolute atomic E-state index is 13.0. The maximum atomic E-state index is 13.0. The van der Waals surface area contributed by atoms with Gasteiger partial charge in [0.15, 0.2) is 0 Å². The molecule has 0 atom stereocenters. The number of carbonyl (C=O) groups is 1. The zero-order chi connectivity index (χ0) is 21.9. The van der Waals surface area contributed by atoms with E-state index in [1.54, 1.807) is 6.07 Å². The number of hydrogen-bond donors (Lipinski definition) is 1. The molecule has 0 spiro atoms. The number of nitrogens with zero attached hydrogens (tertiary/aromatic N) is 2. The second-order valence-corrected chi connectivity index (χ2v) is 10.2. The molecule has 2 aromatic carbocycles. The van der Waals surface area contributed by atoms with E-state index in [9.17, 15) is 13.2 Å². The van der Waals surface area contributed by atoms with Crippen LogP contribution < -0.4 is 5.32 Å². The highest BCUT2D eigenvalue weighted by Crippen LogP contribution is 2.22. The average molecular weight is 430 g/mol. The number of rotatable bonds is 6. The van der Waals surface area contributed by atoms with E-state index in [0.717, 1.165) is 16.8 Å². The van der Waals surface area contributed by atoms with E-state index in [1.807, 2.05) is 55.1 Å². The molecule has 1 N–H and O–H groups in total. The lowest BCUT2D eigenvalue weighted by Crippen LogP contribution is -2.50. The second-order valence-electron chi connectivity index (χ2n) is 8.27. The molecule has 0 saturated carbocycles. The van der Waals surface area contributed by atoms with E-state index in [2.05, 4.69) is 19.2 Å². The Bertz CT molecular complexity index is 993. The molecule has 1 aliphatic heterocycles. The Balaban J connectivity index is 1.54. The van der Waals surface area contributed by atoms with Crippen LogP contribution in [0.3, 0.4) is 0 Å². The fraction of sp³-hybridized carbons (Fsp3) is 0.435. The van der Waals surface area contributed by atoms with Crippen LogP contribution in [0, 0.1) is 13.8 Å². The molecule has 7 heteroatoms. The molecule has 1 amide bonds. The average Bonchev–Trinajstić information content (AvgIpc) is 2.68. The van der Waals surface area contributed by atoms with Gasteiger partial charge < -0.3 is 5.32 Å². The smallest absolute Gasteiger partial charge is 0.243 e. The predicted molar refractivity (Wildman–Crippen MR) is 120 cm³/mol. The van der Waals surface area contributed by atoms with Crippen LogP contribution >= 0.6 is 0 Å². The molecule has 30 heavy (non-hydrogen) atoms. The first-order valence-electron chi connectivity index (χ1n) is 10.4. The van der Waals surface area contributed by atoms with Crippen LogP contribution in [-0.4, -0.2) is 56.3 Å². The van der Waals surface area contributed by atoms with E-state index in [1.165, 1.54) is 9.87 Å². The molecule has 0 radical (unpaired) electrons. The van der Waals surface area contributed by atoms with Crippen molar-refractivity contribution in [3.63, 3.8) is 0 Å². The standard InChI is InChI=1S/C23H31N3O3S/c1-17(2)20-6-8-21(9-7-20)24-23(27)16-25-11-13-26(14-12-25)30(28,29)22-10-5-18(3)15-19(22)4/h5-10,15,17H,11-14,16H2,1-4H3,(H,24,27). The first-order chi connectivity index (χ1) is 14.2. The van der Waals surface area contributed by atoms with Crippen molar-refractivity contribution < 1.29 is 13.2 Å². The Kier molecular flexibility index (Phi) is 6.95. The van der Waals surface area contributed by atoms with Gasteiger partial charge in [-0.3, -0.25) is 9.69 Å². The summed E-state index contributed by atoms with van der Waals surface area (Å²) in [6.45, 7) is 10.1. The number of aryl methyl sites for hydroxylation is 2. The molecule has 0 aliphatic carbocycles. The highest BCUT2D eigenvalue weighted by Gasteiger charge is 2.30. The van der Waals surface area contributed by atoms with Gasteiger partial charge in [-0.05, 0) is 49.1 Å². The highest BCUT2D eigenvalue weighted by molar-refractivity contribution is 7.89. The molecule has 0 bridgehead atoms. The minimum Gasteiger partial charge on any atom is -0.325 e. The summed E-state index contributed by atoms with van der Waals surface area (Å²) in [5.74, 6) is 0.365. The molecule has 1 fully saturated rings. The topological polar surface area (TPSA) is 69.7 Å². The molecular formula is C23H31N3O3S. The van der Waals surface area contributed by atoms with E-state index in [-0.39, 0.29) is 12.5 Å². The van der Waals surface area contributed by atoms with E-state index in [4.69, 9.17) is 0 Å². The number of benzene rings is 2. The summed E-state index contributed by atoms with van der Waals surface area (Å²) >= 11 is 0. The van der Waals surface area contributed by atoms with E-state index < -0.39 is 10.0 Å². The summed E-state index contributed by atoms with van der Waals surface area (Å²) in [7, 11) is -3.51. The number of hydrogen-bond acceptors (Lipinski definition) is 4. The Morgan fingerprint density at radius 2 is 1.63 bits per heavy atom. The summed E-state index contributed by atoms with van der Waals surface area (Å²) in [4.78, 5) is 14.7. The number of carbonyl (C=O) groups excluding carboxylic acids is 1. The fourth-order valence-electron chi connectivity index (χ4n) is 3.71. The van der Waals surface area contributed by atoms with Gasteiger partial charge in [0.2, 0.25) is 15.9 Å². The van der Waals surface area contributed by atoms with E-state index >= 15 is 0 Å². The minimum atomic E-state index is -3.51. The molecule has 1 saturated heterocycles. The van der Waals surface area contributed by atoms with Crippen LogP contribution in [0.1, 0.15) is 36.5 Å². The molecular weight excluding hydrogens is 398 g/mol. The van der Waals surface area contributed by atoms with Crippen molar-refractivity contribution in [1.82, 2.24) is 9.21 Å². The summed E-state index contributed by atoms with van der Waals surface area (Å²) in [6, 6.07) is 13.3. The second kappa shape index (κ2) is 9.29. The van der Waals surface area contributed by atoms with E-state index in [0.29, 0.717) is 37.0 Å². The van der Waals surface area contributed by atoms with Gasteiger partial charge >= 0.3 is 0 Å². The number of nitrogens with one attached hydrogen (secondary N) is 1. The lowest BCUT2D eigenvalue weighted by Gasteiger charge is -2.33. The molecule has 1 heterocycles. The molecule has 0 aromatic heterocycles. The van der Waals surface area contributed by atoms with Crippen molar-refractivity contribution in [1.29, 1.82) is 0 Å². The summed E-state index contributed by atoms with van der Waals surface area (Å²) in [6.07, 6.45) is 0. The molecule has 2 aromatic rings. The van der Waals surface area contributed by atoms with Crippen molar-refractivity contribution in [2.45, 2.75) is 38.5 Å². The lowest BCUT2D eigenvalue weighted by molar-refractivity contribution is -0.117. The monoisotopic (exact) mass is 429 g/mol. The molecule has 162 valence electrons. The molecule has 6 nitrogen and oxygen atoms in total. The van der Waals surface area contributed by atoms with Gasteiger partial charge in [-0.15, -0.1) is 0 Å². The van der Waals surface area contributed by atoms with Crippen LogP contribution in [0.15, 0.2) is 47.4 Å². The first-order valence-corrected chi connectivity index (χ1v) is 11.8. The third kappa shape index (κ3) is 5.28. The van der Waals surface area contributed by atoms with Gasteiger partial charge in [0.25, 0.3) is 0 Å². The lowest BCUT2D eigenvalue weighted by atomic mass is 10.0. The molecule has 3 rings (SSSR count). The van der Waals surface area contributed by atoms with Crippen molar-refractivity contribution >= 4 is 21.6 Å². The van der Waals surface area contributed by atoms with Crippen LogP contribution in [0.2, 0.25) is 0 Å². The van der Waals surface area contributed by atoms with Crippen LogP contribution in [0.4, 0.5) is 5.69 Å². The zero-order valence-corrected chi connectivity index (χ0v) is 19.0. The Morgan fingerprint density at radius 3 is 2.20 bits per heavy atom. The largest absolute Gasteiger partial charge is 0.325 e. The third-order valence-electron chi connectivity index (χ3n) is 5.51. The predicted octanol–water partition coefficient (Wildman–Crippen LogP) is 3.37. The van der Waals surface area contributed by atoms with Crippen molar-refractivity contribution in [3.05, 3.63) is 59.2 Å². The minimum absolute atomic E-state index is 0.0852. The number of anilines is 1. The van der Waals surface area contributed by atoms with Crippen LogP contribution in [-0.2, 0) is 14.8 Å². The zero-order valence-electron chi connectivity index (χ0n) is 18.2. The number of amides is 1. The van der Waals surface area contributed by atoms with Crippen molar-refractivity contribution in [2.24, 2.45) is 0 Å². The summed E-state index contributed by atoms with van der Waals surface area (Å²) < 4.78 is 27.5. The van der Waals surface area contributed by atoms with Crippen LogP contribution in [0.25, 0.3) is 0 Å². The fourth-order valence-corrected chi connectivity index (χ4v) is 5.34. The van der Waals surface area contributed by atoms with Crippen LogP contribution in [0.5, 0.6) is 0 Å². The van der Waals surface area contributed by atoms with Crippen molar-refractivity contribution in [3.8, 4) is 0 Å². The number of sulfonamides is 1. The van der Waals surface area contributed by atoms with Gasteiger partial charge in [-0.2, -0.15) is 4.31 Å². The number of piperazine rings is 1. The van der Waals surface area contributed by atoms with Gasteiger partial charge in [0.05, 0.1) is 11.4 Å². The van der Waals surface area contributed by atoms with Gasteiger partial charge in [-0.1, -0.05) is 43.7 Å². The first kappa shape index (κ1) is 22.5. The van der Waals surface area contributed by atoms with Gasteiger partial charge in [0.1, 0.15) is 0 Å². The molecule has 1 aliphatic rings. The SMILES string of the molecule is Cc1ccc(S(=O)(=O)N2CCN(CC(=O)Nc3ccc(C(C)C)cc3)CC2)c(C)c1. The summed E-state index contributed by atoms with van der Waals surface area (Å²) in [5.41, 5.74) is 3.82. The Labute approximate surface area is 179 Å². The molecule has 0 unspecified atom stereocenters. The maximum Gasteiger partial charge on any atom is 0.243 e. The normalized spacial score (nSPS) is 16.0. The van der Waals surface area contributed by atoms with Gasteiger partial charge in [-0.25, -0.2) is 8.42 Å². The Hall–Kier alpha value is -2.22. The quantitative estimate of drug-likeness (QED) is 0.764.